The third-order valence-electron chi connectivity index (χ3n) is 4.28. The fourth-order valence-electron chi connectivity index (χ4n) is 2.70. The third-order valence-corrected chi connectivity index (χ3v) is 5.51. The number of urea groups is 1. The van der Waals surface area contributed by atoms with Gasteiger partial charge in [0, 0.05) is 42.9 Å². The predicted octanol–water partition coefficient (Wildman–Crippen LogP) is 2.46. The first kappa shape index (κ1) is 16.8. The molecular formula is C16H25N3O2S. The van der Waals surface area contributed by atoms with Crippen molar-refractivity contribution in [1.29, 1.82) is 0 Å². The highest BCUT2D eigenvalue weighted by molar-refractivity contribution is 7.11. The van der Waals surface area contributed by atoms with Crippen molar-refractivity contribution in [3.63, 3.8) is 0 Å². The fourth-order valence-corrected chi connectivity index (χ4v) is 3.59. The molecule has 1 saturated heterocycles. The van der Waals surface area contributed by atoms with Crippen molar-refractivity contribution in [3.05, 3.63) is 21.9 Å². The van der Waals surface area contributed by atoms with Gasteiger partial charge in [-0.15, -0.1) is 11.3 Å². The van der Waals surface area contributed by atoms with Crippen molar-refractivity contribution >= 4 is 23.3 Å². The summed E-state index contributed by atoms with van der Waals surface area (Å²) in [6, 6.07) is 4.45. The average Bonchev–Trinajstić information content (AvgIpc) is 3.00. The number of nitrogens with zero attached hydrogens (tertiary/aromatic N) is 2. The summed E-state index contributed by atoms with van der Waals surface area (Å²) in [6.45, 7) is 5.73. The first-order chi connectivity index (χ1) is 10.5. The predicted molar refractivity (Wildman–Crippen MR) is 89.0 cm³/mol. The van der Waals surface area contributed by atoms with E-state index >= 15 is 0 Å². The maximum absolute atomic E-state index is 12.2. The molecule has 3 amide bonds. The Hall–Kier alpha value is -1.56. The Morgan fingerprint density at radius 3 is 2.50 bits per heavy atom. The zero-order valence-electron chi connectivity index (χ0n) is 13.6. The molecule has 1 N–H and O–H groups in total. The highest BCUT2D eigenvalue weighted by Gasteiger charge is 2.26. The van der Waals surface area contributed by atoms with Crippen molar-refractivity contribution < 1.29 is 9.59 Å². The van der Waals surface area contributed by atoms with E-state index < -0.39 is 0 Å². The maximum Gasteiger partial charge on any atom is 0.317 e. The van der Waals surface area contributed by atoms with Crippen LogP contribution in [0.25, 0.3) is 0 Å². The Labute approximate surface area is 136 Å². The molecule has 0 bridgehead atoms. The highest BCUT2D eigenvalue weighted by Crippen LogP contribution is 2.18. The summed E-state index contributed by atoms with van der Waals surface area (Å²) in [4.78, 5) is 29.7. The van der Waals surface area contributed by atoms with E-state index in [9.17, 15) is 9.59 Å². The van der Waals surface area contributed by atoms with E-state index in [-0.39, 0.29) is 18.0 Å². The number of rotatable bonds is 4. The molecule has 1 fully saturated rings. The lowest BCUT2D eigenvalue weighted by atomic mass is 10.0. The van der Waals surface area contributed by atoms with Crippen LogP contribution in [-0.2, 0) is 17.8 Å². The van der Waals surface area contributed by atoms with E-state index in [1.54, 1.807) is 23.2 Å². The van der Waals surface area contributed by atoms with Gasteiger partial charge in [0.2, 0.25) is 5.91 Å². The van der Waals surface area contributed by atoms with Crippen molar-refractivity contribution in [2.24, 2.45) is 0 Å². The molecule has 0 spiro atoms. The normalized spacial score (nSPS) is 15.7. The summed E-state index contributed by atoms with van der Waals surface area (Å²) in [7, 11) is 1.84. The number of nitrogens with one attached hydrogen (secondary N) is 1. The molecule has 0 aromatic carbocycles. The molecule has 6 heteroatoms. The van der Waals surface area contributed by atoms with Gasteiger partial charge in [-0.2, -0.15) is 0 Å². The Morgan fingerprint density at radius 2 is 1.95 bits per heavy atom. The van der Waals surface area contributed by atoms with E-state index in [1.807, 2.05) is 11.9 Å². The summed E-state index contributed by atoms with van der Waals surface area (Å²) < 4.78 is 0. The quantitative estimate of drug-likeness (QED) is 0.925. The van der Waals surface area contributed by atoms with Gasteiger partial charge in [0.25, 0.3) is 0 Å². The Kier molecular flexibility index (Phi) is 5.83. The van der Waals surface area contributed by atoms with Gasteiger partial charge < -0.3 is 15.1 Å². The number of amides is 3. The van der Waals surface area contributed by atoms with Crippen LogP contribution in [0.1, 0.15) is 36.4 Å². The van der Waals surface area contributed by atoms with Crippen molar-refractivity contribution in [1.82, 2.24) is 15.1 Å². The van der Waals surface area contributed by atoms with Gasteiger partial charge in [0.15, 0.2) is 0 Å². The Balaban J connectivity index is 1.76. The first-order valence-electron chi connectivity index (χ1n) is 7.85. The largest absolute Gasteiger partial charge is 0.343 e. The van der Waals surface area contributed by atoms with Gasteiger partial charge in [-0.3, -0.25) is 4.79 Å². The van der Waals surface area contributed by atoms with E-state index in [0.717, 1.165) is 19.3 Å². The summed E-state index contributed by atoms with van der Waals surface area (Å²) in [5.41, 5.74) is 0. The minimum absolute atomic E-state index is 0.00428. The topological polar surface area (TPSA) is 52.7 Å². The molecule has 2 heterocycles. The van der Waals surface area contributed by atoms with E-state index in [2.05, 4.69) is 24.4 Å². The fraction of sp³-hybridized carbons (Fsp3) is 0.625. The maximum atomic E-state index is 12.2. The Bertz CT molecular complexity index is 521. The zero-order chi connectivity index (χ0) is 16.1. The Morgan fingerprint density at radius 1 is 1.32 bits per heavy atom. The van der Waals surface area contributed by atoms with Crippen molar-refractivity contribution in [2.45, 2.75) is 45.7 Å². The van der Waals surface area contributed by atoms with Crippen LogP contribution < -0.4 is 5.32 Å². The number of aryl methyl sites for hydroxylation is 1. The second-order valence-electron chi connectivity index (χ2n) is 5.73. The van der Waals surface area contributed by atoms with Crippen LogP contribution in [0.5, 0.6) is 0 Å². The van der Waals surface area contributed by atoms with Gasteiger partial charge in [0.1, 0.15) is 0 Å². The molecule has 0 radical (unpaired) electrons. The zero-order valence-corrected chi connectivity index (χ0v) is 14.4. The third kappa shape index (κ3) is 4.22. The lowest BCUT2D eigenvalue weighted by Gasteiger charge is -2.36. The standard InChI is InChI=1S/C16H25N3O2S/c1-4-14-5-6-15(22-14)11-17-16(21)19-9-7-13(8-10-19)18(3)12(2)20/h5-6,13H,4,7-11H2,1-3H3,(H,17,21). The summed E-state index contributed by atoms with van der Waals surface area (Å²) in [5.74, 6) is 0.0901. The second-order valence-corrected chi connectivity index (χ2v) is 6.98. The number of piperidine rings is 1. The molecule has 122 valence electrons. The second kappa shape index (κ2) is 7.63. The monoisotopic (exact) mass is 323 g/mol. The number of carbonyl (C=O) groups is 2. The molecule has 1 aliphatic heterocycles. The minimum atomic E-state index is -0.00428. The van der Waals surface area contributed by atoms with Gasteiger partial charge >= 0.3 is 6.03 Å². The molecule has 1 aromatic rings. The van der Waals surface area contributed by atoms with E-state index in [1.165, 1.54) is 9.75 Å². The molecular weight excluding hydrogens is 298 g/mol. The molecule has 0 atom stereocenters. The molecule has 0 saturated carbocycles. The van der Waals surface area contributed by atoms with Crippen LogP contribution in [-0.4, -0.2) is 47.9 Å². The van der Waals surface area contributed by atoms with Crippen LogP contribution >= 0.6 is 11.3 Å². The lowest BCUT2D eigenvalue weighted by molar-refractivity contribution is -0.130. The summed E-state index contributed by atoms with van der Waals surface area (Å²) in [5, 5.41) is 2.99. The van der Waals surface area contributed by atoms with Crippen LogP contribution in [0.15, 0.2) is 12.1 Å². The number of thiophene rings is 1. The number of hydrogen-bond acceptors (Lipinski definition) is 3. The van der Waals surface area contributed by atoms with E-state index in [0.29, 0.717) is 19.6 Å². The molecule has 5 nitrogen and oxygen atoms in total. The molecule has 1 aromatic heterocycles. The molecule has 0 unspecified atom stereocenters. The number of hydrogen-bond donors (Lipinski definition) is 1. The SMILES string of the molecule is CCc1ccc(CNC(=O)N2CCC(N(C)C(C)=O)CC2)s1. The van der Waals surface area contributed by atoms with Gasteiger partial charge in [-0.25, -0.2) is 4.79 Å². The van der Waals surface area contributed by atoms with E-state index in [4.69, 9.17) is 0 Å². The molecule has 1 aliphatic rings. The lowest BCUT2D eigenvalue weighted by Crippen LogP contribution is -2.49. The van der Waals surface area contributed by atoms with Crippen molar-refractivity contribution in [2.75, 3.05) is 20.1 Å². The van der Waals surface area contributed by atoms with Gasteiger partial charge in [0.05, 0.1) is 6.54 Å². The van der Waals surface area contributed by atoms with Crippen LogP contribution in [0.2, 0.25) is 0 Å². The van der Waals surface area contributed by atoms with Gasteiger partial charge in [-0.1, -0.05) is 6.92 Å². The molecule has 2 rings (SSSR count). The molecule has 22 heavy (non-hydrogen) atoms. The van der Waals surface area contributed by atoms with Crippen LogP contribution in [0.3, 0.4) is 0 Å². The van der Waals surface area contributed by atoms with Crippen molar-refractivity contribution in [3.8, 4) is 0 Å². The molecule has 0 aliphatic carbocycles. The summed E-state index contributed by atoms with van der Waals surface area (Å²) in [6.07, 6.45) is 2.74. The highest BCUT2D eigenvalue weighted by atomic mass is 32.1. The average molecular weight is 323 g/mol. The number of likely N-dealkylation sites (tertiary alicyclic amines) is 1. The van der Waals surface area contributed by atoms with Crippen LogP contribution in [0.4, 0.5) is 4.79 Å². The van der Waals surface area contributed by atoms with Gasteiger partial charge in [-0.05, 0) is 31.4 Å². The summed E-state index contributed by atoms with van der Waals surface area (Å²) >= 11 is 1.75. The minimum Gasteiger partial charge on any atom is -0.343 e. The van der Waals surface area contributed by atoms with Crippen LogP contribution in [0, 0.1) is 0 Å². The first-order valence-corrected chi connectivity index (χ1v) is 8.66. The number of carbonyl (C=O) groups excluding carboxylic acids is 2. The smallest absolute Gasteiger partial charge is 0.317 e.